The Morgan fingerprint density at radius 1 is 1.40 bits per heavy atom. The van der Waals surface area contributed by atoms with Crippen molar-refractivity contribution in [2.24, 2.45) is 11.1 Å². The molecule has 0 spiro atoms. The van der Waals surface area contributed by atoms with E-state index in [-0.39, 0.29) is 17.5 Å². The fourth-order valence-electron chi connectivity index (χ4n) is 1.79. The lowest BCUT2D eigenvalue weighted by Gasteiger charge is -2.24. The number of aromatic nitrogens is 1. The third-order valence-corrected chi connectivity index (χ3v) is 3.16. The van der Waals surface area contributed by atoms with E-state index in [0.29, 0.717) is 13.0 Å². The highest BCUT2D eigenvalue weighted by molar-refractivity contribution is 5.91. The first-order valence-corrected chi connectivity index (χ1v) is 6.52. The third kappa shape index (κ3) is 5.69. The van der Waals surface area contributed by atoms with Gasteiger partial charge in [-0.2, -0.15) is 0 Å². The van der Waals surface area contributed by atoms with Gasteiger partial charge in [0.25, 0.3) is 5.91 Å². The van der Waals surface area contributed by atoms with Gasteiger partial charge in [0.2, 0.25) is 0 Å². The molecule has 0 aliphatic rings. The highest BCUT2D eigenvalue weighted by Crippen LogP contribution is 2.26. The molecule has 1 heterocycles. The quantitative estimate of drug-likeness (QED) is 0.673. The fourth-order valence-corrected chi connectivity index (χ4v) is 1.79. The zero-order valence-electron chi connectivity index (χ0n) is 11.8. The van der Waals surface area contributed by atoms with Gasteiger partial charge in [0.05, 0.1) is 0 Å². The first-order valence-electron chi connectivity index (χ1n) is 6.52. The van der Waals surface area contributed by atoms with Gasteiger partial charge >= 0.3 is 5.97 Å². The molecular formula is C14H21N3O3. The van der Waals surface area contributed by atoms with Gasteiger partial charge in [-0.15, -0.1) is 0 Å². The van der Waals surface area contributed by atoms with E-state index in [1.54, 1.807) is 12.1 Å². The maximum Gasteiger partial charge on any atom is 0.303 e. The van der Waals surface area contributed by atoms with E-state index in [9.17, 15) is 9.59 Å². The Morgan fingerprint density at radius 2 is 2.10 bits per heavy atom. The van der Waals surface area contributed by atoms with Gasteiger partial charge in [-0.3, -0.25) is 14.6 Å². The number of nitrogens with two attached hydrogens (primary N) is 1. The van der Waals surface area contributed by atoms with E-state index in [4.69, 9.17) is 10.8 Å². The highest BCUT2D eigenvalue weighted by atomic mass is 16.4. The Bertz CT molecular complexity index is 486. The molecule has 20 heavy (non-hydrogen) atoms. The summed E-state index contributed by atoms with van der Waals surface area (Å²) >= 11 is 0. The van der Waals surface area contributed by atoms with Crippen LogP contribution in [0.15, 0.2) is 18.3 Å². The van der Waals surface area contributed by atoms with Crippen LogP contribution in [0.1, 0.15) is 43.6 Å². The lowest BCUT2D eigenvalue weighted by Crippen LogP contribution is -2.18. The number of hydrogen-bond acceptors (Lipinski definition) is 4. The monoisotopic (exact) mass is 279 g/mol. The van der Waals surface area contributed by atoms with Gasteiger partial charge in [-0.05, 0) is 30.4 Å². The summed E-state index contributed by atoms with van der Waals surface area (Å²) in [6.45, 7) is 4.77. The third-order valence-electron chi connectivity index (χ3n) is 3.16. The second-order valence-electron chi connectivity index (χ2n) is 5.53. The number of aliphatic carboxylic acids is 1. The molecule has 4 N–H and O–H groups in total. The van der Waals surface area contributed by atoms with Gasteiger partial charge in [-0.1, -0.05) is 13.8 Å². The van der Waals surface area contributed by atoms with Crippen LogP contribution in [-0.2, 0) is 4.79 Å². The van der Waals surface area contributed by atoms with Crippen molar-refractivity contribution in [3.05, 3.63) is 24.0 Å². The second-order valence-corrected chi connectivity index (χ2v) is 5.53. The zero-order valence-corrected chi connectivity index (χ0v) is 11.8. The molecule has 6 nitrogen and oxygen atoms in total. The van der Waals surface area contributed by atoms with Crippen LogP contribution in [-0.4, -0.2) is 28.5 Å². The Balaban J connectivity index is 2.45. The lowest BCUT2D eigenvalue weighted by atomic mass is 9.84. The van der Waals surface area contributed by atoms with Crippen molar-refractivity contribution in [3.63, 3.8) is 0 Å². The van der Waals surface area contributed by atoms with Gasteiger partial charge in [-0.25, -0.2) is 0 Å². The number of pyridine rings is 1. The molecule has 1 rings (SSSR count). The molecular weight excluding hydrogens is 258 g/mol. The number of carbonyl (C=O) groups is 2. The van der Waals surface area contributed by atoms with Crippen molar-refractivity contribution in [3.8, 4) is 0 Å². The number of carboxylic acids is 1. The largest absolute Gasteiger partial charge is 0.481 e. The number of amides is 1. The average Bonchev–Trinajstić information content (AvgIpc) is 2.37. The van der Waals surface area contributed by atoms with Gasteiger partial charge in [0.1, 0.15) is 5.69 Å². The summed E-state index contributed by atoms with van der Waals surface area (Å²) in [6.07, 6.45) is 3.16. The number of nitrogens with zero attached hydrogens (tertiary/aromatic N) is 1. The van der Waals surface area contributed by atoms with Crippen LogP contribution in [0.5, 0.6) is 0 Å². The molecule has 110 valence electrons. The molecule has 0 aromatic carbocycles. The van der Waals surface area contributed by atoms with Crippen LogP contribution in [0.3, 0.4) is 0 Å². The maximum atomic E-state index is 11.0. The van der Waals surface area contributed by atoms with E-state index >= 15 is 0 Å². The van der Waals surface area contributed by atoms with Crippen molar-refractivity contribution in [2.45, 2.75) is 33.1 Å². The highest BCUT2D eigenvalue weighted by Gasteiger charge is 2.18. The van der Waals surface area contributed by atoms with Crippen molar-refractivity contribution in [1.82, 2.24) is 4.98 Å². The molecule has 0 atom stereocenters. The summed E-state index contributed by atoms with van der Waals surface area (Å²) in [5.41, 5.74) is 6.12. The number of hydrogen-bond donors (Lipinski definition) is 3. The minimum atomic E-state index is -0.772. The van der Waals surface area contributed by atoms with E-state index in [1.165, 1.54) is 6.20 Å². The Labute approximate surface area is 118 Å². The molecule has 0 fully saturated rings. The first kappa shape index (κ1) is 15.9. The zero-order chi connectivity index (χ0) is 15.2. The number of carboxylic acid groups (broad SMARTS) is 1. The predicted octanol–water partition coefficient (Wildman–Crippen LogP) is 1.87. The minimum absolute atomic E-state index is 0.0507. The summed E-state index contributed by atoms with van der Waals surface area (Å²) in [4.78, 5) is 25.5. The van der Waals surface area contributed by atoms with Crippen LogP contribution in [0.2, 0.25) is 0 Å². The fraction of sp³-hybridized carbons (Fsp3) is 0.500. The molecule has 0 aliphatic heterocycles. The minimum Gasteiger partial charge on any atom is -0.481 e. The number of rotatable bonds is 8. The number of primary amides is 1. The molecule has 1 aromatic rings. The van der Waals surface area contributed by atoms with E-state index in [0.717, 1.165) is 12.1 Å². The van der Waals surface area contributed by atoms with Crippen LogP contribution in [0.25, 0.3) is 0 Å². The van der Waals surface area contributed by atoms with Gasteiger partial charge < -0.3 is 16.2 Å². The van der Waals surface area contributed by atoms with Gasteiger partial charge in [0.15, 0.2) is 0 Å². The molecule has 0 unspecified atom stereocenters. The second kappa shape index (κ2) is 6.88. The predicted molar refractivity (Wildman–Crippen MR) is 76.5 cm³/mol. The standard InChI is InChI=1S/C14H21N3O3/c1-14(2,5-3-12(18)19)6-8-16-10-4-7-17-11(9-10)13(15)20/h4,7,9H,3,5-6,8H2,1-2H3,(H2,15,20)(H,16,17)(H,18,19). The lowest BCUT2D eigenvalue weighted by molar-refractivity contribution is -0.137. The molecule has 0 saturated carbocycles. The number of carbonyl (C=O) groups excluding carboxylic acids is 1. The van der Waals surface area contributed by atoms with Crippen LogP contribution in [0.4, 0.5) is 5.69 Å². The van der Waals surface area contributed by atoms with Crippen molar-refractivity contribution in [1.29, 1.82) is 0 Å². The van der Waals surface area contributed by atoms with Crippen molar-refractivity contribution >= 4 is 17.6 Å². The Morgan fingerprint density at radius 3 is 2.70 bits per heavy atom. The van der Waals surface area contributed by atoms with E-state index in [2.05, 4.69) is 10.3 Å². The average molecular weight is 279 g/mol. The first-order chi connectivity index (χ1) is 9.30. The summed E-state index contributed by atoms with van der Waals surface area (Å²) in [6, 6.07) is 3.36. The summed E-state index contributed by atoms with van der Waals surface area (Å²) in [5, 5.41) is 11.9. The molecule has 6 heteroatoms. The molecule has 0 aliphatic carbocycles. The normalized spacial score (nSPS) is 11.1. The molecule has 1 aromatic heterocycles. The summed E-state index contributed by atoms with van der Waals surface area (Å²) < 4.78 is 0. The Kier molecular flexibility index (Phi) is 5.49. The van der Waals surface area contributed by atoms with Crippen molar-refractivity contribution < 1.29 is 14.7 Å². The van der Waals surface area contributed by atoms with Gasteiger partial charge in [0, 0.05) is 24.8 Å². The number of nitrogens with one attached hydrogen (secondary N) is 1. The topological polar surface area (TPSA) is 105 Å². The molecule has 1 amide bonds. The molecule has 0 radical (unpaired) electrons. The van der Waals surface area contributed by atoms with Crippen molar-refractivity contribution in [2.75, 3.05) is 11.9 Å². The van der Waals surface area contributed by atoms with Crippen LogP contribution in [0, 0.1) is 5.41 Å². The smallest absolute Gasteiger partial charge is 0.303 e. The SMILES string of the molecule is CC(C)(CCNc1ccnc(C(N)=O)c1)CCC(=O)O. The van der Waals surface area contributed by atoms with E-state index in [1.807, 2.05) is 13.8 Å². The van der Waals surface area contributed by atoms with Crippen LogP contribution < -0.4 is 11.1 Å². The Hall–Kier alpha value is -2.11. The summed E-state index contributed by atoms with van der Waals surface area (Å²) in [7, 11) is 0. The maximum absolute atomic E-state index is 11.0. The summed E-state index contributed by atoms with van der Waals surface area (Å²) in [5.74, 6) is -1.33. The molecule has 0 bridgehead atoms. The van der Waals surface area contributed by atoms with E-state index < -0.39 is 11.9 Å². The number of anilines is 1. The van der Waals surface area contributed by atoms with Crippen LogP contribution >= 0.6 is 0 Å². The molecule has 0 saturated heterocycles.